The number of hydrogen-bond acceptors (Lipinski definition) is 3. The van der Waals surface area contributed by atoms with Crippen molar-refractivity contribution >= 4 is 28.9 Å². The van der Waals surface area contributed by atoms with Crippen LogP contribution in [-0.2, 0) is 13.1 Å². The van der Waals surface area contributed by atoms with Gasteiger partial charge in [-0.25, -0.2) is 4.39 Å². The van der Waals surface area contributed by atoms with Crippen LogP contribution in [0.1, 0.15) is 11.1 Å². The third-order valence-electron chi connectivity index (χ3n) is 3.34. The van der Waals surface area contributed by atoms with Crippen LogP contribution < -0.4 is 20.1 Å². The van der Waals surface area contributed by atoms with Crippen molar-refractivity contribution in [1.82, 2.24) is 10.6 Å². The Kier molecular flexibility index (Phi) is 4.83. The zero-order valence-electron chi connectivity index (χ0n) is 12.1. The summed E-state index contributed by atoms with van der Waals surface area (Å²) in [5.74, 6) is 1.11. The summed E-state index contributed by atoms with van der Waals surface area (Å²) >= 11 is 10.9. The number of benzene rings is 2. The van der Waals surface area contributed by atoms with Crippen molar-refractivity contribution in [2.45, 2.75) is 13.1 Å². The first-order chi connectivity index (χ1) is 11.1. The Morgan fingerprint density at radius 2 is 1.87 bits per heavy atom. The number of ether oxygens (including phenoxy) is 2. The molecule has 1 aliphatic rings. The second-order valence-corrected chi connectivity index (χ2v) is 5.80. The van der Waals surface area contributed by atoms with E-state index in [1.807, 2.05) is 18.2 Å². The maximum absolute atomic E-state index is 13.7. The molecule has 1 aliphatic heterocycles. The summed E-state index contributed by atoms with van der Waals surface area (Å²) < 4.78 is 24.2. The minimum atomic E-state index is -0.358. The standard InChI is InChI=1S/C16H14ClFN2O2S/c17-12-3-2-11(13(18)6-12)8-20-16(23)19-7-10-1-4-14-15(5-10)22-9-21-14/h1-6H,7-9H2,(H2,19,20,23). The van der Waals surface area contributed by atoms with Crippen molar-refractivity contribution in [3.8, 4) is 11.5 Å². The van der Waals surface area contributed by atoms with Crippen LogP contribution in [0.15, 0.2) is 36.4 Å². The highest BCUT2D eigenvalue weighted by molar-refractivity contribution is 7.80. The SMILES string of the molecule is Fc1cc(Cl)ccc1CNC(=S)NCc1ccc2c(c1)OCO2. The lowest BCUT2D eigenvalue weighted by Crippen LogP contribution is -2.34. The fraction of sp³-hybridized carbons (Fsp3) is 0.188. The molecule has 0 bridgehead atoms. The lowest BCUT2D eigenvalue weighted by Gasteiger charge is -2.11. The summed E-state index contributed by atoms with van der Waals surface area (Å²) in [6, 6.07) is 10.2. The third-order valence-corrected chi connectivity index (χ3v) is 3.87. The molecule has 0 radical (unpaired) electrons. The smallest absolute Gasteiger partial charge is 0.231 e. The van der Waals surface area contributed by atoms with Crippen LogP contribution in [0.5, 0.6) is 11.5 Å². The van der Waals surface area contributed by atoms with Crippen LogP contribution in [-0.4, -0.2) is 11.9 Å². The van der Waals surface area contributed by atoms with E-state index in [9.17, 15) is 4.39 Å². The van der Waals surface area contributed by atoms with Gasteiger partial charge in [-0.2, -0.15) is 0 Å². The predicted molar refractivity (Wildman–Crippen MR) is 90.3 cm³/mol. The summed E-state index contributed by atoms with van der Waals surface area (Å²) in [4.78, 5) is 0. The lowest BCUT2D eigenvalue weighted by molar-refractivity contribution is 0.174. The van der Waals surface area contributed by atoms with Gasteiger partial charge in [-0.3, -0.25) is 0 Å². The van der Waals surface area contributed by atoms with Crippen LogP contribution in [0.3, 0.4) is 0 Å². The van der Waals surface area contributed by atoms with Crippen molar-refractivity contribution in [2.75, 3.05) is 6.79 Å². The van der Waals surface area contributed by atoms with Crippen molar-refractivity contribution < 1.29 is 13.9 Å². The highest BCUT2D eigenvalue weighted by atomic mass is 35.5. The number of rotatable bonds is 4. The van der Waals surface area contributed by atoms with Crippen molar-refractivity contribution in [1.29, 1.82) is 0 Å². The van der Waals surface area contributed by atoms with E-state index in [-0.39, 0.29) is 19.2 Å². The Morgan fingerprint density at radius 1 is 1.09 bits per heavy atom. The van der Waals surface area contributed by atoms with E-state index in [1.165, 1.54) is 6.07 Å². The molecule has 2 N–H and O–H groups in total. The van der Waals surface area contributed by atoms with Crippen LogP contribution >= 0.6 is 23.8 Å². The molecule has 0 aliphatic carbocycles. The Hall–Kier alpha value is -2.05. The molecular weight excluding hydrogens is 339 g/mol. The first-order valence-electron chi connectivity index (χ1n) is 6.96. The third kappa shape index (κ3) is 4.03. The van der Waals surface area contributed by atoms with E-state index in [2.05, 4.69) is 10.6 Å². The lowest BCUT2D eigenvalue weighted by atomic mass is 10.2. The maximum Gasteiger partial charge on any atom is 0.231 e. The van der Waals surface area contributed by atoms with E-state index in [4.69, 9.17) is 33.3 Å². The molecule has 3 rings (SSSR count). The van der Waals surface area contributed by atoms with Gasteiger partial charge in [-0.15, -0.1) is 0 Å². The average molecular weight is 353 g/mol. The molecule has 2 aromatic carbocycles. The van der Waals surface area contributed by atoms with Gasteiger partial charge in [-0.1, -0.05) is 23.7 Å². The van der Waals surface area contributed by atoms with Crippen LogP contribution in [0.4, 0.5) is 4.39 Å². The molecule has 23 heavy (non-hydrogen) atoms. The van der Waals surface area contributed by atoms with Gasteiger partial charge in [0.1, 0.15) is 5.82 Å². The minimum Gasteiger partial charge on any atom is -0.454 e. The Morgan fingerprint density at radius 3 is 2.70 bits per heavy atom. The fourth-order valence-electron chi connectivity index (χ4n) is 2.14. The minimum absolute atomic E-state index is 0.249. The molecule has 0 saturated carbocycles. The Labute approximate surface area is 143 Å². The monoisotopic (exact) mass is 352 g/mol. The molecule has 2 aromatic rings. The van der Waals surface area contributed by atoms with Crippen LogP contribution in [0.25, 0.3) is 0 Å². The summed E-state index contributed by atoms with van der Waals surface area (Å²) in [7, 11) is 0. The number of fused-ring (bicyclic) bond motifs is 1. The molecule has 1 heterocycles. The van der Waals surface area contributed by atoms with Crippen molar-refractivity contribution in [3.05, 3.63) is 58.4 Å². The summed E-state index contributed by atoms with van der Waals surface area (Å²) in [5.41, 5.74) is 1.51. The van der Waals surface area contributed by atoms with E-state index < -0.39 is 0 Å². The first kappa shape index (κ1) is 15.8. The number of nitrogens with one attached hydrogen (secondary N) is 2. The zero-order valence-corrected chi connectivity index (χ0v) is 13.6. The summed E-state index contributed by atoms with van der Waals surface area (Å²) in [6.07, 6.45) is 0. The van der Waals surface area contributed by atoms with Gasteiger partial charge in [0.2, 0.25) is 6.79 Å². The highest BCUT2D eigenvalue weighted by Gasteiger charge is 2.13. The van der Waals surface area contributed by atoms with E-state index >= 15 is 0 Å². The molecule has 4 nitrogen and oxygen atoms in total. The molecule has 0 fully saturated rings. The Bertz CT molecular complexity index is 742. The molecule has 7 heteroatoms. The van der Waals surface area contributed by atoms with Gasteiger partial charge in [0, 0.05) is 23.7 Å². The molecule has 0 unspecified atom stereocenters. The van der Waals surface area contributed by atoms with E-state index in [1.54, 1.807) is 12.1 Å². The molecule has 0 atom stereocenters. The normalized spacial score (nSPS) is 12.1. The topological polar surface area (TPSA) is 42.5 Å². The van der Waals surface area contributed by atoms with Gasteiger partial charge in [0.25, 0.3) is 0 Å². The Balaban J connectivity index is 1.50. The second kappa shape index (κ2) is 7.02. The van der Waals surface area contributed by atoms with Gasteiger partial charge in [0.05, 0.1) is 0 Å². The number of hydrogen-bond donors (Lipinski definition) is 2. The summed E-state index contributed by atoms with van der Waals surface area (Å²) in [6.45, 7) is 1.07. The number of halogens is 2. The molecular formula is C16H14ClFN2O2S. The zero-order chi connectivity index (χ0) is 16.2. The molecule has 0 aromatic heterocycles. The fourth-order valence-corrected chi connectivity index (χ4v) is 2.44. The average Bonchev–Trinajstić information content (AvgIpc) is 2.99. The summed E-state index contributed by atoms with van der Waals surface area (Å²) in [5, 5.41) is 6.84. The van der Waals surface area contributed by atoms with Gasteiger partial charge >= 0.3 is 0 Å². The van der Waals surface area contributed by atoms with E-state index in [0.717, 1.165) is 17.1 Å². The van der Waals surface area contributed by atoms with Crippen molar-refractivity contribution in [2.24, 2.45) is 0 Å². The molecule has 0 saturated heterocycles. The van der Waals surface area contributed by atoms with Crippen LogP contribution in [0, 0.1) is 5.82 Å². The molecule has 120 valence electrons. The van der Waals surface area contributed by atoms with Gasteiger partial charge in [0.15, 0.2) is 16.6 Å². The van der Waals surface area contributed by atoms with E-state index in [0.29, 0.717) is 22.2 Å². The molecule has 0 amide bonds. The second-order valence-electron chi connectivity index (χ2n) is 4.96. The van der Waals surface area contributed by atoms with Gasteiger partial charge < -0.3 is 20.1 Å². The number of thiocarbonyl (C=S) groups is 1. The van der Waals surface area contributed by atoms with Crippen LogP contribution in [0.2, 0.25) is 5.02 Å². The maximum atomic E-state index is 13.7. The van der Waals surface area contributed by atoms with Crippen molar-refractivity contribution in [3.63, 3.8) is 0 Å². The van der Waals surface area contributed by atoms with Gasteiger partial charge in [-0.05, 0) is 42.0 Å². The quantitative estimate of drug-likeness (QED) is 0.826. The largest absolute Gasteiger partial charge is 0.454 e. The molecule has 0 spiro atoms. The highest BCUT2D eigenvalue weighted by Crippen LogP contribution is 2.32. The predicted octanol–water partition coefficient (Wildman–Crippen LogP) is 3.37. The first-order valence-corrected chi connectivity index (χ1v) is 7.74.